The summed E-state index contributed by atoms with van der Waals surface area (Å²) >= 11 is 3.45. The first-order valence-corrected chi connectivity index (χ1v) is 7.70. The van der Waals surface area contributed by atoms with Crippen molar-refractivity contribution in [3.05, 3.63) is 46.7 Å². The maximum atomic E-state index is 12.6. The van der Waals surface area contributed by atoms with Crippen molar-refractivity contribution in [1.82, 2.24) is 9.80 Å². The van der Waals surface area contributed by atoms with E-state index in [1.165, 1.54) is 4.90 Å². The molecule has 0 saturated carbocycles. The zero-order valence-electron chi connectivity index (χ0n) is 12.4. The molecule has 112 valence electrons. The molecule has 2 amide bonds. The Morgan fingerprint density at radius 3 is 2.57 bits per heavy atom. The van der Waals surface area contributed by atoms with Gasteiger partial charge in [0.05, 0.1) is 6.42 Å². The minimum atomic E-state index is -0.435. The predicted molar refractivity (Wildman–Crippen MR) is 85.2 cm³/mol. The van der Waals surface area contributed by atoms with Gasteiger partial charge in [0.1, 0.15) is 6.04 Å². The Morgan fingerprint density at radius 1 is 1.29 bits per heavy atom. The van der Waals surface area contributed by atoms with Gasteiger partial charge in [-0.15, -0.1) is 0 Å². The number of likely N-dealkylation sites (N-methyl/N-ethyl adjacent to an activating group) is 1. The lowest BCUT2D eigenvalue weighted by molar-refractivity contribution is -0.144. The molecule has 0 radical (unpaired) electrons. The van der Waals surface area contributed by atoms with E-state index in [2.05, 4.69) is 15.9 Å². The van der Waals surface area contributed by atoms with E-state index in [0.29, 0.717) is 0 Å². The molecule has 0 unspecified atom stereocenters. The normalized spacial score (nSPS) is 18.5. The summed E-state index contributed by atoms with van der Waals surface area (Å²) in [5.74, 6) is -0.0562. The minimum absolute atomic E-state index is 0.0482. The van der Waals surface area contributed by atoms with E-state index >= 15 is 0 Å². The average molecular weight is 351 g/mol. The van der Waals surface area contributed by atoms with Crippen LogP contribution >= 0.6 is 15.9 Å². The summed E-state index contributed by atoms with van der Waals surface area (Å²) < 4.78 is 0.906. The number of hydrogen-bond donors (Lipinski definition) is 0. The molecule has 0 spiro atoms. The van der Waals surface area contributed by atoms with Crippen LogP contribution < -0.4 is 0 Å². The number of amides is 2. The number of carbonyl (C=O) groups excluding carboxylic acids is 2. The molecule has 21 heavy (non-hydrogen) atoms. The predicted octanol–water partition coefficient (Wildman–Crippen LogP) is 2.79. The van der Waals surface area contributed by atoms with Gasteiger partial charge in [-0.25, -0.2) is 0 Å². The van der Waals surface area contributed by atoms with Crippen LogP contribution in [0.15, 0.2) is 41.1 Å². The van der Waals surface area contributed by atoms with Crippen LogP contribution in [0.5, 0.6) is 0 Å². The molecule has 5 heteroatoms. The Morgan fingerprint density at radius 2 is 1.95 bits per heavy atom. The Balaban J connectivity index is 2.23. The highest BCUT2D eigenvalue weighted by atomic mass is 79.9. The maximum Gasteiger partial charge on any atom is 0.249 e. The Kier molecular flexibility index (Phi) is 4.83. The van der Waals surface area contributed by atoms with Gasteiger partial charge in [0.25, 0.3) is 0 Å². The highest BCUT2D eigenvalue weighted by molar-refractivity contribution is 9.10. The highest BCUT2D eigenvalue weighted by Crippen LogP contribution is 2.22. The number of halogens is 1. The van der Waals surface area contributed by atoms with Crippen LogP contribution in [0.4, 0.5) is 0 Å². The molecule has 0 aliphatic carbocycles. The van der Waals surface area contributed by atoms with E-state index in [1.807, 2.05) is 38.1 Å². The molecule has 0 fully saturated rings. The molecule has 0 N–H and O–H groups in total. The molecule has 1 aliphatic heterocycles. The molecule has 0 aromatic heterocycles. The van der Waals surface area contributed by atoms with Gasteiger partial charge in [-0.3, -0.25) is 9.59 Å². The van der Waals surface area contributed by atoms with Crippen molar-refractivity contribution in [3.8, 4) is 0 Å². The Bertz CT molecular complexity index is 583. The van der Waals surface area contributed by atoms with Gasteiger partial charge >= 0.3 is 0 Å². The second-order valence-electron chi connectivity index (χ2n) is 5.51. The van der Waals surface area contributed by atoms with Gasteiger partial charge in [-0.1, -0.05) is 48.0 Å². The number of carbonyl (C=O) groups is 2. The van der Waals surface area contributed by atoms with Crippen molar-refractivity contribution in [1.29, 1.82) is 0 Å². The quantitative estimate of drug-likeness (QED) is 0.840. The van der Waals surface area contributed by atoms with E-state index in [-0.39, 0.29) is 24.2 Å². The molecule has 1 aromatic rings. The molecule has 2 rings (SSSR count). The summed E-state index contributed by atoms with van der Waals surface area (Å²) in [4.78, 5) is 27.9. The molecule has 0 saturated heterocycles. The first-order chi connectivity index (χ1) is 9.91. The van der Waals surface area contributed by atoms with Gasteiger partial charge in [0.2, 0.25) is 11.8 Å². The molecular formula is C16H19BrN2O2. The van der Waals surface area contributed by atoms with Crippen molar-refractivity contribution in [2.45, 2.75) is 26.3 Å². The van der Waals surface area contributed by atoms with Crippen molar-refractivity contribution in [3.63, 3.8) is 0 Å². The monoisotopic (exact) mass is 350 g/mol. The second kappa shape index (κ2) is 6.43. The van der Waals surface area contributed by atoms with Crippen LogP contribution in [-0.2, 0) is 16.0 Å². The van der Waals surface area contributed by atoms with Crippen molar-refractivity contribution in [2.24, 2.45) is 5.92 Å². The van der Waals surface area contributed by atoms with Crippen LogP contribution in [0.25, 0.3) is 0 Å². The van der Waals surface area contributed by atoms with E-state index < -0.39 is 6.04 Å². The average Bonchev–Trinajstić information content (AvgIpc) is 2.43. The van der Waals surface area contributed by atoms with Gasteiger partial charge in [0, 0.05) is 23.9 Å². The van der Waals surface area contributed by atoms with Gasteiger partial charge in [-0.05, 0) is 17.5 Å². The topological polar surface area (TPSA) is 40.6 Å². The zero-order valence-corrected chi connectivity index (χ0v) is 14.0. The van der Waals surface area contributed by atoms with E-state index in [1.54, 1.807) is 24.3 Å². The molecule has 1 aliphatic rings. The lowest BCUT2D eigenvalue weighted by Crippen LogP contribution is -2.52. The van der Waals surface area contributed by atoms with Crippen molar-refractivity contribution < 1.29 is 9.59 Å². The first-order valence-electron chi connectivity index (χ1n) is 6.91. The summed E-state index contributed by atoms with van der Waals surface area (Å²) in [6, 6.07) is 7.20. The lowest BCUT2D eigenvalue weighted by Gasteiger charge is -2.36. The Labute approximate surface area is 133 Å². The summed E-state index contributed by atoms with van der Waals surface area (Å²) in [6.45, 7) is 3.91. The van der Waals surface area contributed by atoms with Gasteiger partial charge < -0.3 is 9.80 Å². The van der Waals surface area contributed by atoms with E-state index in [0.717, 1.165) is 10.0 Å². The largest absolute Gasteiger partial charge is 0.319 e. The zero-order chi connectivity index (χ0) is 15.6. The van der Waals surface area contributed by atoms with Crippen LogP contribution in [0, 0.1) is 5.92 Å². The molecule has 1 aromatic carbocycles. The molecule has 0 bridgehead atoms. The second-order valence-corrected chi connectivity index (χ2v) is 6.36. The third-order valence-corrected chi connectivity index (χ3v) is 4.34. The van der Waals surface area contributed by atoms with Crippen LogP contribution in [-0.4, -0.2) is 34.7 Å². The fourth-order valence-electron chi connectivity index (χ4n) is 2.41. The standard InChI is InChI=1S/C16H19BrN2O2/c1-11(2)15-16(21)18(3)8-9-19(15)14(20)10-12-6-4-5-7-13(12)17/h4-9,11,15H,10H2,1-3H3/t15-/m0/s1. The molecule has 1 atom stereocenters. The SMILES string of the molecule is CC(C)[C@H]1C(=O)N(C)C=CN1C(=O)Cc1ccccc1Br. The van der Waals surface area contributed by atoms with Gasteiger partial charge in [-0.2, -0.15) is 0 Å². The molecule has 1 heterocycles. The van der Waals surface area contributed by atoms with E-state index in [4.69, 9.17) is 0 Å². The fourth-order valence-corrected chi connectivity index (χ4v) is 2.83. The fraction of sp³-hybridized carbons (Fsp3) is 0.375. The number of rotatable bonds is 3. The first kappa shape index (κ1) is 15.8. The van der Waals surface area contributed by atoms with Crippen LogP contribution in [0.1, 0.15) is 19.4 Å². The third kappa shape index (κ3) is 3.35. The van der Waals surface area contributed by atoms with Crippen molar-refractivity contribution in [2.75, 3.05) is 7.05 Å². The summed E-state index contributed by atoms with van der Waals surface area (Å²) in [5.41, 5.74) is 0.921. The van der Waals surface area contributed by atoms with Gasteiger partial charge in [0.15, 0.2) is 0 Å². The lowest BCUT2D eigenvalue weighted by atomic mass is 9.99. The Hall–Kier alpha value is -1.62. The third-order valence-electron chi connectivity index (χ3n) is 3.57. The molecular weight excluding hydrogens is 332 g/mol. The maximum absolute atomic E-state index is 12.6. The highest BCUT2D eigenvalue weighted by Gasteiger charge is 2.35. The number of nitrogens with zero attached hydrogens (tertiary/aromatic N) is 2. The van der Waals surface area contributed by atoms with Crippen molar-refractivity contribution >= 4 is 27.7 Å². The summed E-state index contributed by atoms with van der Waals surface area (Å²) in [6.07, 6.45) is 3.61. The number of hydrogen-bond acceptors (Lipinski definition) is 2. The smallest absolute Gasteiger partial charge is 0.249 e. The summed E-state index contributed by atoms with van der Waals surface area (Å²) in [7, 11) is 1.71. The van der Waals surface area contributed by atoms with E-state index in [9.17, 15) is 9.59 Å². The minimum Gasteiger partial charge on any atom is -0.319 e. The number of benzene rings is 1. The summed E-state index contributed by atoms with van der Waals surface area (Å²) in [5, 5.41) is 0. The van der Waals surface area contributed by atoms with Crippen LogP contribution in [0.3, 0.4) is 0 Å². The van der Waals surface area contributed by atoms with Crippen LogP contribution in [0.2, 0.25) is 0 Å². The molecule has 4 nitrogen and oxygen atoms in total.